The Morgan fingerprint density at radius 1 is 0.531 bits per heavy atom. The lowest BCUT2D eigenvalue weighted by atomic mass is 9.99. The van der Waals surface area contributed by atoms with Crippen LogP contribution < -0.4 is 5.32 Å². The second-order valence-electron chi connectivity index (χ2n) is 19.2. The smallest absolute Gasteiger partial charge is 0.249 e. The van der Waals surface area contributed by atoms with Gasteiger partial charge < -0.3 is 45.4 Å². The van der Waals surface area contributed by atoms with E-state index in [-0.39, 0.29) is 6.61 Å². The summed E-state index contributed by atoms with van der Waals surface area (Å²) in [4.78, 5) is 13.1. The molecule has 10 nitrogen and oxygen atoms in total. The van der Waals surface area contributed by atoms with E-state index in [0.717, 1.165) is 44.9 Å². The van der Waals surface area contributed by atoms with Crippen molar-refractivity contribution in [1.29, 1.82) is 0 Å². The molecule has 64 heavy (non-hydrogen) atoms. The Labute approximate surface area is 392 Å². The summed E-state index contributed by atoms with van der Waals surface area (Å²) in [5.74, 6) is -0.615. The quantitative estimate of drug-likeness (QED) is 0.0232. The van der Waals surface area contributed by atoms with Crippen molar-refractivity contribution in [3.63, 3.8) is 0 Å². The molecule has 7 N–H and O–H groups in total. The van der Waals surface area contributed by atoms with Crippen molar-refractivity contribution >= 4 is 5.91 Å². The molecule has 0 saturated carbocycles. The van der Waals surface area contributed by atoms with Crippen LogP contribution in [0.3, 0.4) is 0 Å². The van der Waals surface area contributed by atoms with E-state index >= 15 is 0 Å². The number of ether oxygens (including phenoxy) is 2. The van der Waals surface area contributed by atoms with E-state index in [2.05, 4.69) is 31.3 Å². The number of amides is 1. The molecule has 0 aliphatic carbocycles. The van der Waals surface area contributed by atoms with Gasteiger partial charge in [0.2, 0.25) is 5.91 Å². The molecule has 1 heterocycles. The average Bonchev–Trinajstić information content (AvgIpc) is 3.29. The van der Waals surface area contributed by atoms with E-state index in [1.54, 1.807) is 6.08 Å². The Hall–Kier alpha value is -1.37. The molecule has 1 rings (SSSR count). The van der Waals surface area contributed by atoms with Crippen molar-refractivity contribution in [2.45, 2.75) is 300 Å². The molecule has 0 radical (unpaired) electrons. The van der Waals surface area contributed by atoms with Gasteiger partial charge >= 0.3 is 0 Å². The second kappa shape index (κ2) is 44.2. The van der Waals surface area contributed by atoms with Crippen LogP contribution in [0.2, 0.25) is 0 Å². The van der Waals surface area contributed by atoms with Crippen LogP contribution in [0.5, 0.6) is 0 Å². The summed E-state index contributed by atoms with van der Waals surface area (Å²) >= 11 is 0. The maximum Gasteiger partial charge on any atom is 0.249 e. The fourth-order valence-corrected chi connectivity index (χ4v) is 8.69. The molecular weight excluding hydrogens is 807 g/mol. The maximum absolute atomic E-state index is 13.1. The highest BCUT2D eigenvalue weighted by Gasteiger charge is 2.44. The zero-order valence-corrected chi connectivity index (χ0v) is 41.4. The summed E-state index contributed by atoms with van der Waals surface area (Å²) < 4.78 is 11.1. The van der Waals surface area contributed by atoms with E-state index in [1.165, 1.54) is 186 Å². The number of allylic oxidation sites excluding steroid dienone is 3. The average molecular weight is 910 g/mol. The van der Waals surface area contributed by atoms with Crippen molar-refractivity contribution in [3.05, 3.63) is 24.3 Å². The van der Waals surface area contributed by atoms with E-state index in [4.69, 9.17) is 9.47 Å². The highest BCUT2D eigenvalue weighted by atomic mass is 16.7. The molecule has 0 aromatic rings. The molecular formula is C54H103NO9. The first-order valence-corrected chi connectivity index (χ1v) is 27.2. The number of carbonyl (C=O) groups excluding carboxylic acids is 1. The molecule has 8 atom stereocenters. The lowest BCUT2D eigenvalue weighted by molar-refractivity contribution is -0.302. The van der Waals surface area contributed by atoms with Crippen molar-refractivity contribution in [2.24, 2.45) is 0 Å². The van der Waals surface area contributed by atoms with Gasteiger partial charge in [-0.25, -0.2) is 0 Å². The predicted octanol–water partition coefficient (Wildman–Crippen LogP) is 11.6. The molecule has 1 fully saturated rings. The van der Waals surface area contributed by atoms with Crippen LogP contribution in [0.4, 0.5) is 0 Å². The molecule has 378 valence electrons. The van der Waals surface area contributed by atoms with Gasteiger partial charge in [-0.1, -0.05) is 231 Å². The molecule has 1 aliphatic rings. The summed E-state index contributed by atoms with van der Waals surface area (Å²) in [7, 11) is 0. The molecule has 1 amide bonds. The number of hydrogen-bond donors (Lipinski definition) is 7. The molecule has 1 saturated heterocycles. The van der Waals surface area contributed by atoms with Gasteiger partial charge in [0.25, 0.3) is 0 Å². The lowest BCUT2D eigenvalue weighted by Gasteiger charge is -2.40. The number of unbranched alkanes of at least 4 members (excludes halogenated alkanes) is 33. The fraction of sp³-hybridized carbons (Fsp3) is 0.907. The van der Waals surface area contributed by atoms with Crippen LogP contribution in [-0.4, -0.2) is 98.7 Å². The van der Waals surface area contributed by atoms with Crippen LogP contribution in [-0.2, 0) is 14.3 Å². The predicted molar refractivity (Wildman–Crippen MR) is 264 cm³/mol. The summed E-state index contributed by atoms with van der Waals surface area (Å²) in [5.41, 5.74) is 0. The van der Waals surface area contributed by atoms with Crippen molar-refractivity contribution in [3.8, 4) is 0 Å². The fourth-order valence-electron chi connectivity index (χ4n) is 8.69. The van der Waals surface area contributed by atoms with Crippen LogP contribution in [0.25, 0.3) is 0 Å². The minimum atomic E-state index is -1.61. The van der Waals surface area contributed by atoms with Crippen LogP contribution in [0, 0.1) is 0 Å². The number of nitrogens with one attached hydrogen (secondary N) is 1. The summed E-state index contributed by atoms with van der Waals surface area (Å²) in [5, 5.41) is 64.8. The van der Waals surface area contributed by atoms with Crippen molar-refractivity contribution in [2.75, 3.05) is 13.2 Å². The van der Waals surface area contributed by atoms with E-state index < -0.39 is 61.5 Å². The van der Waals surface area contributed by atoms with Gasteiger partial charge in [0.1, 0.15) is 30.5 Å². The first-order chi connectivity index (χ1) is 31.3. The number of aliphatic hydroxyl groups is 6. The summed E-state index contributed by atoms with van der Waals surface area (Å²) in [6.45, 7) is 3.61. The minimum absolute atomic E-state index is 0.304. The largest absolute Gasteiger partial charge is 0.394 e. The van der Waals surface area contributed by atoms with Gasteiger partial charge in [-0.05, 0) is 44.9 Å². The maximum atomic E-state index is 13.1. The molecule has 1 aliphatic heterocycles. The molecule has 0 aromatic carbocycles. The van der Waals surface area contributed by atoms with Gasteiger partial charge in [0, 0.05) is 0 Å². The van der Waals surface area contributed by atoms with E-state index in [0.29, 0.717) is 6.42 Å². The van der Waals surface area contributed by atoms with Gasteiger partial charge in [0.15, 0.2) is 6.29 Å². The summed E-state index contributed by atoms with van der Waals surface area (Å²) in [6, 6.07) is -0.977. The highest BCUT2D eigenvalue weighted by Crippen LogP contribution is 2.23. The molecule has 0 bridgehead atoms. The third kappa shape index (κ3) is 33.2. The number of rotatable bonds is 46. The Balaban J connectivity index is 2.20. The lowest BCUT2D eigenvalue weighted by Crippen LogP contribution is -2.60. The van der Waals surface area contributed by atoms with E-state index in [1.807, 2.05) is 6.08 Å². The normalized spacial score (nSPS) is 20.7. The molecule has 10 heteroatoms. The minimum Gasteiger partial charge on any atom is -0.394 e. The SMILES string of the molecule is CCCCCCCCCCC/C=C/C(O)C(COC1OC(CO)C(O)C(O)C1O)NC(=O)C(O)CCCCCCCCCCCCCC/C=C\CCCCCCCCCCCCCC. The number of carbonyl (C=O) groups is 1. The van der Waals surface area contributed by atoms with Crippen LogP contribution >= 0.6 is 0 Å². The Morgan fingerprint density at radius 2 is 0.906 bits per heavy atom. The zero-order chi connectivity index (χ0) is 46.7. The Kier molecular flexibility index (Phi) is 41.8. The zero-order valence-electron chi connectivity index (χ0n) is 41.4. The molecule has 8 unspecified atom stereocenters. The first kappa shape index (κ1) is 60.6. The molecule has 0 aromatic heterocycles. The van der Waals surface area contributed by atoms with Gasteiger partial charge in [-0.2, -0.15) is 0 Å². The third-order valence-electron chi connectivity index (χ3n) is 13.1. The number of aliphatic hydroxyl groups excluding tert-OH is 6. The topological polar surface area (TPSA) is 169 Å². The molecule has 0 spiro atoms. The Bertz CT molecular complexity index is 1070. The Morgan fingerprint density at radius 3 is 1.31 bits per heavy atom. The number of hydrogen-bond acceptors (Lipinski definition) is 9. The van der Waals surface area contributed by atoms with Crippen molar-refractivity contribution < 1.29 is 44.9 Å². The van der Waals surface area contributed by atoms with Gasteiger partial charge in [0.05, 0.1) is 25.4 Å². The third-order valence-corrected chi connectivity index (χ3v) is 13.1. The van der Waals surface area contributed by atoms with Gasteiger partial charge in [-0.15, -0.1) is 0 Å². The monoisotopic (exact) mass is 910 g/mol. The van der Waals surface area contributed by atoms with Gasteiger partial charge in [-0.3, -0.25) is 4.79 Å². The highest BCUT2D eigenvalue weighted by molar-refractivity contribution is 5.80. The van der Waals surface area contributed by atoms with E-state index in [9.17, 15) is 35.4 Å². The second-order valence-corrected chi connectivity index (χ2v) is 19.2. The summed E-state index contributed by atoms with van der Waals surface area (Å²) in [6.07, 6.45) is 44.4. The standard InChI is InChI=1S/C54H103NO9/c1-3-5-7-9-11-13-15-16-17-18-19-20-21-22-23-24-25-26-27-28-29-30-31-33-35-37-39-41-43-48(58)53(62)55-46(45-63-54-52(61)51(60)50(59)49(44-56)64-54)47(57)42-40-38-36-34-32-14-12-10-8-6-4-2/h22-23,40,42,46-52,54,56-61H,3-21,24-39,41,43-45H2,1-2H3,(H,55,62)/b23-22-,42-40+. The van der Waals surface area contributed by atoms with Crippen molar-refractivity contribution in [1.82, 2.24) is 5.32 Å². The van der Waals surface area contributed by atoms with Crippen LogP contribution in [0.15, 0.2) is 24.3 Å². The first-order valence-electron chi connectivity index (χ1n) is 27.2. The van der Waals surface area contributed by atoms with Crippen LogP contribution in [0.1, 0.15) is 251 Å².